The lowest BCUT2D eigenvalue weighted by molar-refractivity contribution is -0.384. The molecule has 1 heterocycles. The Bertz CT molecular complexity index is 1090. The van der Waals surface area contributed by atoms with E-state index in [0.717, 1.165) is 7.11 Å². The molecule has 2 aromatic carbocycles. The van der Waals surface area contributed by atoms with Crippen LogP contribution in [-0.2, 0) is 9.47 Å². The van der Waals surface area contributed by atoms with Gasteiger partial charge in [0.05, 0.1) is 19.1 Å². The van der Waals surface area contributed by atoms with Crippen molar-refractivity contribution in [2.45, 2.75) is 0 Å². The third-order valence-electron chi connectivity index (χ3n) is 4.13. The van der Waals surface area contributed by atoms with E-state index in [1.165, 1.54) is 31.4 Å². The van der Waals surface area contributed by atoms with Gasteiger partial charge in [-0.2, -0.15) is 0 Å². The molecule has 0 radical (unpaired) electrons. The van der Waals surface area contributed by atoms with Crippen LogP contribution in [0.25, 0.3) is 22.6 Å². The van der Waals surface area contributed by atoms with Gasteiger partial charge in [0.2, 0.25) is 0 Å². The highest BCUT2D eigenvalue weighted by atomic mass is 35.5. The molecule has 3 aromatic rings. The third-order valence-corrected chi connectivity index (χ3v) is 4.39. The second kappa shape index (κ2) is 8.15. The van der Waals surface area contributed by atoms with Crippen molar-refractivity contribution in [3.63, 3.8) is 0 Å². The van der Waals surface area contributed by atoms with Gasteiger partial charge in [-0.25, -0.2) is 9.59 Å². The molecule has 0 fully saturated rings. The van der Waals surface area contributed by atoms with Crippen LogP contribution in [0.5, 0.6) is 0 Å². The summed E-state index contributed by atoms with van der Waals surface area (Å²) in [6.45, 7) is 0. The number of esters is 2. The first-order valence-corrected chi connectivity index (χ1v) is 8.59. The van der Waals surface area contributed by atoms with Crippen molar-refractivity contribution in [2.24, 2.45) is 0 Å². The Morgan fingerprint density at radius 3 is 1.66 bits per heavy atom. The fourth-order valence-corrected chi connectivity index (χ4v) is 2.89. The van der Waals surface area contributed by atoms with Gasteiger partial charge in [-0.05, 0) is 36.4 Å². The predicted octanol–water partition coefficient (Wildman–Crippen LogP) is 4.75. The number of ether oxygens (including phenoxy) is 2. The number of carbonyl (C=O) groups is 2. The molecule has 8 nitrogen and oxygen atoms in total. The fourth-order valence-electron chi connectivity index (χ4n) is 2.77. The molecule has 0 aliphatic rings. The zero-order valence-corrected chi connectivity index (χ0v) is 16.1. The highest BCUT2D eigenvalue weighted by Crippen LogP contribution is 2.39. The van der Waals surface area contributed by atoms with E-state index in [0.29, 0.717) is 16.1 Å². The number of furan rings is 1. The fraction of sp³-hybridized carbons (Fsp3) is 0.100. The minimum Gasteiger partial charge on any atom is -0.465 e. The highest BCUT2D eigenvalue weighted by Gasteiger charge is 2.33. The van der Waals surface area contributed by atoms with Crippen LogP contribution < -0.4 is 0 Å². The molecule has 0 atom stereocenters. The van der Waals surface area contributed by atoms with Crippen LogP contribution in [0.1, 0.15) is 20.7 Å². The van der Waals surface area contributed by atoms with E-state index in [1.54, 1.807) is 24.3 Å². The number of rotatable bonds is 5. The molecule has 0 saturated carbocycles. The molecule has 0 amide bonds. The standard InChI is InChI=1S/C20H14ClNO7/c1-27-19(23)15-16(20(24)28-2)18(12-5-9-14(10-6-12)22(25)26)29-17(15)11-3-7-13(21)8-4-11/h3-10H,1-2H3. The SMILES string of the molecule is COC(=O)c1c(-c2ccc(Cl)cc2)oc(-c2ccc([N+](=O)[O-])cc2)c1C(=O)OC. The predicted molar refractivity (Wildman–Crippen MR) is 104 cm³/mol. The molecule has 1 aromatic heterocycles. The van der Waals surface area contributed by atoms with Crippen molar-refractivity contribution in [2.75, 3.05) is 14.2 Å². The van der Waals surface area contributed by atoms with Gasteiger partial charge in [0.25, 0.3) is 5.69 Å². The first kappa shape index (κ1) is 20.1. The van der Waals surface area contributed by atoms with E-state index in [1.807, 2.05) is 0 Å². The number of methoxy groups -OCH3 is 2. The number of nitrogens with zero attached hydrogens (tertiary/aromatic N) is 1. The number of carbonyl (C=O) groups excluding carboxylic acids is 2. The number of non-ortho nitro benzene ring substituents is 1. The average Bonchev–Trinajstić information content (AvgIpc) is 3.13. The lowest BCUT2D eigenvalue weighted by atomic mass is 10.0. The number of nitro benzene ring substituents is 1. The second-order valence-electron chi connectivity index (χ2n) is 5.80. The molecular weight excluding hydrogens is 402 g/mol. The Morgan fingerprint density at radius 2 is 1.28 bits per heavy atom. The Balaban J connectivity index is 2.29. The van der Waals surface area contributed by atoms with Crippen LogP contribution in [-0.4, -0.2) is 31.1 Å². The monoisotopic (exact) mass is 415 g/mol. The van der Waals surface area contributed by atoms with Crippen LogP contribution in [0.3, 0.4) is 0 Å². The lowest BCUT2D eigenvalue weighted by Crippen LogP contribution is -2.11. The molecule has 0 N–H and O–H groups in total. The van der Waals surface area contributed by atoms with Gasteiger partial charge in [-0.1, -0.05) is 11.6 Å². The minimum absolute atomic E-state index is 0.0251. The Morgan fingerprint density at radius 1 is 0.862 bits per heavy atom. The highest BCUT2D eigenvalue weighted by molar-refractivity contribution is 6.30. The molecule has 3 rings (SSSR count). The zero-order valence-electron chi connectivity index (χ0n) is 15.3. The molecule has 0 saturated heterocycles. The van der Waals surface area contributed by atoms with Gasteiger partial charge in [0.15, 0.2) is 0 Å². The zero-order chi connectivity index (χ0) is 21.1. The number of nitro groups is 1. The largest absolute Gasteiger partial charge is 0.465 e. The maximum atomic E-state index is 12.5. The molecule has 0 aliphatic carbocycles. The molecule has 0 aliphatic heterocycles. The summed E-state index contributed by atoms with van der Waals surface area (Å²) in [4.78, 5) is 35.4. The first-order valence-electron chi connectivity index (χ1n) is 8.21. The summed E-state index contributed by atoms with van der Waals surface area (Å²) < 4.78 is 15.6. The number of hydrogen-bond acceptors (Lipinski definition) is 7. The summed E-state index contributed by atoms with van der Waals surface area (Å²) in [7, 11) is 2.34. The quantitative estimate of drug-likeness (QED) is 0.336. The Labute approximate surface area is 169 Å². The van der Waals surface area contributed by atoms with E-state index in [9.17, 15) is 19.7 Å². The first-order chi connectivity index (χ1) is 13.9. The lowest BCUT2D eigenvalue weighted by Gasteiger charge is -2.04. The van der Waals surface area contributed by atoms with Crippen molar-refractivity contribution >= 4 is 29.2 Å². The molecule has 29 heavy (non-hydrogen) atoms. The molecule has 0 unspecified atom stereocenters. The van der Waals surface area contributed by atoms with Gasteiger partial charge < -0.3 is 13.9 Å². The number of benzene rings is 2. The van der Waals surface area contributed by atoms with E-state index in [4.69, 9.17) is 25.5 Å². The molecule has 148 valence electrons. The van der Waals surface area contributed by atoms with Crippen molar-refractivity contribution in [3.05, 3.63) is 74.8 Å². The van der Waals surface area contributed by atoms with Gasteiger partial charge in [-0.15, -0.1) is 0 Å². The van der Waals surface area contributed by atoms with Gasteiger partial charge in [-0.3, -0.25) is 10.1 Å². The normalized spacial score (nSPS) is 10.4. The summed E-state index contributed by atoms with van der Waals surface area (Å²) in [6.07, 6.45) is 0. The molecule has 9 heteroatoms. The summed E-state index contributed by atoms with van der Waals surface area (Å²) in [5.41, 5.74) is 0.439. The Kier molecular flexibility index (Phi) is 5.65. The maximum Gasteiger partial charge on any atom is 0.342 e. The van der Waals surface area contributed by atoms with Crippen molar-refractivity contribution in [1.29, 1.82) is 0 Å². The van der Waals surface area contributed by atoms with E-state index < -0.39 is 16.9 Å². The Hall–Kier alpha value is -3.65. The van der Waals surface area contributed by atoms with Crippen LogP contribution in [0, 0.1) is 10.1 Å². The van der Waals surface area contributed by atoms with E-state index in [2.05, 4.69) is 0 Å². The van der Waals surface area contributed by atoms with Crippen molar-refractivity contribution in [1.82, 2.24) is 0 Å². The van der Waals surface area contributed by atoms with Gasteiger partial charge in [0, 0.05) is 28.3 Å². The van der Waals surface area contributed by atoms with Crippen LogP contribution >= 0.6 is 11.6 Å². The topological polar surface area (TPSA) is 109 Å². The van der Waals surface area contributed by atoms with Crippen LogP contribution in [0.4, 0.5) is 5.69 Å². The molecule has 0 spiro atoms. The number of hydrogen-bond donors (Lipinski definition) is 0. The summed E-state index contributed by atoms with van der Waals surface area (Å²) in [6, 6.07) is 11.8. The number of halogens is 1. The van der Waals surface area contributed by atoms with E-state index >= 15 is 0 Å². The van der Waals surface area contributed by atoms with Crippen molar-refractivity contribution in [3.8, 4) is 22.6 Å². The van der Waals surface area contributed by atoms with Gasteiger partial charge >= 0.3 is 11.9 Å². The molecule has 0 bridgehead atoms. The summed E-state index contributed by atoms with van der Waals surface area (Å²) in [5, 5.41) is 11.4. The second-order valence-corrected chi connectivity index (χ2v) is 6.24. The maximum absolute atomic E-state index is 12.5. The molecular formula is C20H14ClNO7. The van der Waals surface area contributed by atoms with Crippen molar-refractivity contribution < 1.29 is 28.4 Å². The smallest absolute Gasteiger partial charge is 0.342 e. The summed E-state index contributed by atoms with van der Waals surface area (Å²) >= 11 is 5.92. The van der Waals surface area contributed by atoms with Crippen LogP contribution in [0.2, 0.25) is 5.02 Å². The minimum atomic E-state index is -0.817. The van der Waals surface area contributed by atoms with Crippen LogP contribution in [0.15, 0.2) is 52.9 Å². The summed E-state index contributed by atoms with van der Waals surface area (Å²) in [5.74, 6) is -1.51. The van der Waals surface area contributed by atoms with E-state index in [-0.39, 0.29) is 28.3 Å². The average molecular weight is 416 g/mol. The third kappa shape index (κ3) is 3.83. The van der Waals surface area contributed by atoms with Gasteiger partial charge in [0.1, 0.15) is 22.6 Å².